The number of para-hydroxylation sites is 1. The molecule has 0 radical (unpaired) electrons. The zero-order chi connectivity index (χ0) is 16.9. The second kappa shape index (κ2) is 6.84. The van der Waals surface area contributed by atoms with Crippen LogP contribution in [0, 0.1) is 0 Å². The molecule has 0 aliphatic heterocycles. The van der Waals surface area contributed by atoms with Crippen molar-refractivity contribution < 1.29 is 4.42 Å². The van der Waals surface area contributed by atoms with Crippen molar-refractivity contribution in [3.63, 3.8) is 0 Å². The van der Waals surface area contributed by atoms with Gasteiger partial charge < -0.3 is 4.42 Å². The molecule has 1 aromatic carbocycles. The van der Waals surface area contributed by atoms with Crippen LogP contribution >= 0.6 is 0 Å². The lowest BCUT2D eigenvalue weighted by Crippen LogP contribution is -1.93. The largest absolute Gasteiger partial charge is 0.463 e. The summed E-state index contributed by atoms with van der Waals surface area (Å²) in [5.41, 5.74) is 5.43. The molecule has 3 heterocycles. The van der Waals surface area contributed by atoms with Gasteiger partial charge in [0.05, 0.1) is 18.2 Å². The highest BCUT2D eigenvalue weighted by Crippen LogP contribution is 2.23. The van der Waals surface area contributed by atoms with Crippen LogP contribution in [0.25, 0.3) is 17.1 Å². The van der Waals surface area contributed by atoms with Gasteiger partial charge in [0.1, 0.15) is 11.5 Å². The maximum absolute atomic E-state index is 5.50. The quantitative estimate of drug-likeness (QED) is 0.444. The summed E-state index contributed by atoms with van der Waals surface area (Å²) < 4.78 is 7.31. The number of pyridine rings is 1. The minimum atomic E-state index is 0.675. The van der Waals surface area contributed by atoms with Gasteiger partial charge in [-0.15, -0.1) is 0 Å². The van der Waals surface area contributed by atoms with E-state index in [2.05, 4.69) is 20.6 Å². The average molecular weight is 329 g/mol. The Morgan fingerprint density at radius 1 is 1.00 bits per heavy atom. The molecule has 4 aromatic rings. The smallest absolute Gasteiger partial charge is 0.154 e. The van der Waals surface area contributed by atoms with Crippen LogP contribution in [0.5, 0.6) is 0 Å². The molecule has 0 atom stereocenters. The van der Waals surface area contributed by atoms with E-state index in [0.717, 1.165) is 16.9 Å². The number of aromatic nitrogens is 3. The van der Waals surface area contributed by atoms with Crippen molar-refractivity contribution in [2.45, 2.75) is 0 Å². The number of hydrogen-bond acceptors (Lipinski definition) is 5. The van der Waals surface area contributed by atoms with E-state index in [0.29, 0.717) is 11.6 Å². The van der Waals surface area contributed by atoms with Crippen LogP contribution in [0.1, 0.15) is 5.56 Å². The average Bonchev–Trinajstić information content (AvgIpc) is 3.33. The van der Waals surface area contributed by atoms with Gasteiger partial charge in [0.25, 0.3) is 0 Å². The molecule has 3 aromatic heterocycles. The maximum atomic E-state index is 5.50. The van der Waals surface area contributed by atoms with E-state index in [4.69, 9.17) is 4.42 Å². The number of benzene rings is 1. The third kappa shape index (κ3) is 3.32. The number of anilines is 1. The maximum Gasteiger partial charge on any atom is 0.154 e. The zero-order valence-electron chi connectivity index (χ0n) is 13.3. The van der Waals surface area contributed by atoms with Crippen molar-refractivity contribution in [2.24, 2.45) is 5.10 Å². The first-order chi connectivity index (χ1) is 12.4. The predicted octanol–water partition coefficient (Wildman–Crippen LogP) is 3.97. The highest BCUT2D eigenvalue weighted by atomic mass is 16.3. The molecule has 122 valence electrons. The highest BCUT2D eigenvalue weighted by Gasteiger charge is 2.13. The van der Waals surface area contributed by atoms with Gasteiger partial charge in [-0.05, 0) is 36.4 Å². The summed E-state index contributed by atoms with van der Waals surface area (Å²) in [7, 11) is 0. The number of hydrazone groups is 1. The Labute approximate surface area is 144 Å². The molecule has 0 spiro atoms. The van der Waals surface area contributed by atoms with Crippen molar-refractivity contribution in [3.05, 3.63) is 84.9 Å². The SMILES string of the molecule is C(=N/Nc1ccccn1)/c1cn(-c2ccccc2)nc1-c1ccco1. The molecule has 0 aliphatic carbocycles. The fourth-order valence-electron chi connectivity index (χ4n) is 2.40. The van der Waals surface area contributed by atoms with Crippen molar-refractivity contribution in [1.29, 1.82) is 0 Å². The van der Waals surface area contributed by atoms with Crippen LogP contribution in [0.15, 0.2) is 88.8 Å². The van der Waals surface area contributed by atoms with Crippen molar-refractivity contribution in [2.75, 3.05) is 5.43 Å². The summed E-state index contributed by atoms with van der Waals surface area (Å²) in [4.78, 5) is 4.17. The number of nitrogens with one attached hydrogen (secondary N) is 1. The third-order valence-corrected chi connectivity index (χ3v) is 3.57. The van der Waals surface area contributed by atoms with Crippen LogP contribution < -0.4 is 5.43 Å². The van der Waals surface area contributed by atoms with Gasteiger partial charge in [-0.25, -0.2) is 9.67 Å². The summed E-state index contributed by atoms with van der Waals surface area (Å²) in [5, 5.41) is 8.89. The van der Waals surface area contributed by atoms with E-state index in [1.54, 1.807) is 23.4 Å². The van der Waals surface area contributed by atoms with Gasteiger partial charge >= 0.3 is 0 Å². The van der Waals surface area contributed by atoms with Gasteiger partial charge in [-0.2, -0.15) is 10.2 Å². The van der Waals surface area contributed by atoms with Gasteiger partial charge in [-0.3, -0.25) is 5.43 Å². The van der Waals surface area contributed by atoms with Crippen molar-refractivity contribution in [1.82, 2.24) is 14.8 Å². The third-order valence-electron chi connectivity index (χ3n) is 3.57. The van der Waals surface area contributed by atoms with Crippen LogP contribution in [0.2, 0.25) is 0 Å². The van der Waals surface area contributed by atoms with Crippen LogP contribution in [-0.2, 0) is 0 Å². The van der Waals surface area contributed by atoms with E-state index in [-0.39, 0.29) is 0 Å². The Balaban J connectivity index is 1.67. The van der Waals surface area contributed by atoms with E-state index in [9.17, 15) is 0 Å². The lowest BCUT2D eigenvalue weighted by Gasteiger charge is -1.98. The zero-order valence-corrected chi connectivity index (χ0v) is 13.3. The molecule has 0 aliphatic rings. The Bertz CT molecular complexity index is 960. The summed E-state index contributed by atoms with van der Waals surface area (Å²) in [6.45, 7) is 0. The van der Waals surface area contributed by atoms with E-state index >= 15 is 0 Å². The summed E-state index contributed by atoms with van der Waals surface area (Å²) in [5.74, 6) is 1.36. The van der Waals surface area contributed by atoms with E-state index in [1.165, 1.54) is 0 Å². The molecular formula is C19H15N5O. The monoisotopic (exact) mass is 329 g/mol. The lowest BCUT2D eigenvalue weighted by molar-refractivity contribution is 0.579. The first kappa shape index (κ1) is 14.9. The topological polar surface area (TPSA) is 68.2 Å². The fourth-order valence-corrected chi connectivity index (χ4v) is 2.40. The molecule has 1 N–H and O–H groups in total. The Hall–Kier alpha value is -3.67. The van der Waals surface area contributed by atoms with Gasteiger partial charge in [0, 0.05) is 18.0 Å². The molecule has 0 fully saturated rings. The second-order valence-corrected chi connectivity index (χ2v) is 5.28. The number of nitrogens with zero attached hydrogens (tertiary/aromatic N) is 4. The molecule has 0 saturated carbocycles. The molecular weight excluding hydrogens is 314 g/mol. The van der Waals surface area contributed by atoms with Gasteiger partial charge in [0.2, 0.25) is 0 Å². The van der Waals surface area contributed by atoms with Gasteiger partial charge in [0.15, 0.2) is 5.76 Å². The fraction of sp³-hybridized carbons (Fsp3) is 0. The highest BCUT2D eigenvalue weighted by molar-refractivity contribution is 5.88. The Morgan fingerprint density at radius 2 is 1.88 bits per heavy atom. The van der Waals surface area contributed by atoms with Crippen LogP contribution in [0.3, 0.4) is 0 Å². The van der Waals surface area contributed by atoms with Crippen molar-refractivity contribution >= 4 is 12.0 Å². The molecule has 0 amide bonds. The van der Waals surface area contributed by atoms with E-state index in [1.807, 2.05) is 66.9 Å². The Morgan fingerprint density at radius 3 is 2.64 bits per heavy atom. The van der Waals surface area contributed by atoms with E-state index < -0.39 is 0 Å². The molecule has 0 bridgehead atoms. The lowest BCUT2D eigenvalue weighted by atomic mass is 10.2. The normalized spacial score (nSPS) is 11.0. The van der Waals surface area contributed by atoms with Gasteiger partial charge in [-0.1, -0.05) is 24.3 Å². The molecule has 4 rings (SSSR count). The predicted molar refractivity (Wildman–Crippen MR) is 96.7 cm³/mol. The first-order valence-corrected chi connectivity index (χ1v) is 7.79. The molecule has 0 saturated heterocycles. The number of hydrogen-bond donors (Lipinski definition) is 1. The van der Waals surface area contributed by atoms with Crippen LogP contribution in [0.4, 0.5) is 5.82 Å². The number of rotatable bonds is 5. The first-order valence-electron chi connectivity index (χ1n) is 7.79. The van der Waals surface area contributed by atoms with Crippen molar-refractivity contribution in [3.8, 4) is 17.1 Å². The minimum absolute atomic E-state index is 0.675. The summed E-state index contributed by atoms with van der Waals surface area (Å²) in [6.07, 6.45) is 6.96. The molecule has 0 unspecified atom stereocenters. The standard InChI is InChI=1S/C19H15N5O/c1-2-7-16(8-3-1)24-14-15(19(23-24)17-9-6-12-25-17)13-21-22-18-10-4-5-11-20-18/h1-14H,(H,20,22)/b21-13-. The summed E-state index contributed by atoms with van der Waals surface area (Å²) in [6, 6.07) is 19.2. The molecule has 6 heteroatoms. The summed E-state index contributed by atoms with van der Waals surface area (Å²) >= 11 is 0. The molecule has 25 heavy (non-hydrogen) atoms. The minimum Gasteiger partial charge on any atom is -0.463 e. The Kier molecular flexibility index (Phi) is 4.07. The second-order valence-electron chi connectivity index (χ2n) is 5.28. The number of furan rings is 1. The van der Waals surface area contributed by atoms with Crippen LogP contribution in [-0.4, -0.2) is 21.0 Å². The molecule has 6 nitrogen and oxygen atoms in total.